The molecule has 2 rings (SSSR count). The van der Waals surface area contributed by atoms with Gasteiger partial charge in [-0.2, -0.15) is 0 Å². The molecular formula is C22H33NO2. The molecule has 1 aromatic carbocycles. The summed E-state index contributed by atoms with van der Waals surface area (Å²) in [4.78, 5) is 0. The quantitative estimate of drug-likeness (QED) is 0.418. The van der Waals surface area contributed by atoms with Gasteiger partial charge in [-0.25, -0.2) is 0 Å². The molecule has 0 aliphatic heterocycles. The first kappa shape index (κ1) is 19.6. The summed E-state index contributed by atoms with van der Waals surface area (Å²) < 4.78 is 11.1. The van der Waals surface area contributed by atoms with E-state index in [0.29, 0.717) is 0 Å². The highest BCUT2D eigenvalue weighted by Crippen LogP contribution is 2.20. The number of aromatic nitrogens is 1. The van der Waals surface area contributed by atoms with Crippen LogP contribution in [0.5, 0.6) is 5.75 Å². The Bertz CT molecular complexity index is 581. The smallest absolute Gasteiger partial charge is 0.137 e. The summed E-state index contributed by atoms with van der Waals surface area (Å²) in [5.74, 6) is 1.87. The maximum Gasteiger partial charge on any atom is 0.137 e. The Labute approximate surface area is 152 Å². The maximum absolute atomic E-state index is 5.86. The number of hydrogen-bond acceptors (Lipinski definition) is 3. The van der Waals surface area contributed by atoms with Crippen molar-refractivity contribution in [3.63, 3.8) is 0 Å². The van der Waals surface area contributed by atoms with E-state index in [-0.39, 0.29) is 0 Å². The molecule has 138 valence electrons. The molecule has 0 radical (unpaired) electrons. The van der Waals surface area contributed by atoms with Crippen molar-refractivity contribution in [3.8, 4) is 5.75 Å². The first-order valence-electron chi connectivity index (χ1n) is 9.84. The number of aryl methyl sites for hydroxylation is 2. The zero-order chi connectivity index (χ0) is 17.9. The molecule has 3 nitrogen and oxygen atoms in total. The van der Waals surface area contributed by atoms with Crippen LogP contribution in [0.15, 0.2) is 28.8 Å². The molecule has 0 spiro atoms. The zero-order valence-electron chi connectivity index (χ0n) is 16.1. The zero-order valence-corrected chi connectivity index (χ0v) is 16.1. The summed E-state index contributed by atoms with van der Waals surface area (Å²) >= 11 is 0. The van der Waals surface area contributed by atoms with Gasteiger partial charge in [0.25, 0.3) is 0 Å². The Balaban J connectivity index is 1.62. The van der Waals surface area contributed by atoms with E-state index in [1.165, 1.54) is 56.1 Å². The van der Waals surface area contributed by atoms with Crippen LogP contribution >= 0.6 is 0 Å². The third-order valence-electron chi connectivity index (χ3n) is 4.75. The third-order valence-corrected chi connectivity index (χ3v) is 4.75. The van der Waals surface area contributed by atoms with E-state index in [4.69, 9.17) is 9.26 Å². The second kappa shape index (κ2) is 11.0. The molecule has 0 bridgehead atoms. The number of nitrogens with zero attached hydrogens (tertiary/aromatic N) is 1. The maximum atomic E-state index is 5.86. The van der Waals surface area contributed by atoms with Crippen LogP contribution in [0.25, 0.3) is 0 Å². The number of benzene rings is 1. The lowest BCUT2D eigenvalue weighted by atomic mass is 10.0. The van der Waals surface area contributed by atoms with Gasteiger partial charge in [0.1, 0.15) is 11.5 Å². The Morgan fingerprint density at radius 2 is 1.52 bits per heavy atom. The topological polar surface area (TPSA) is 35.3 Å². The van der Waals surface area contributed by atoms with E-state index in [9.17, 15) is 0 Å². The molecule has 25 heavy (non-hydrogen) atoms. The lowest BCUT2D eigenvalue weighted by Gasteiger charge is -2.07. The molecule has 3 heteroatoms. The summed E-state index contributed by atoms with van der Waals surface area (Å²) in [5.41, 5.74) is 3.42. The van der Waals surface area contributed by atoms with Crippen molar-refractivity contribution in [1.82, 2.24) is 5.16 Å². The van der Waals surface area contributed by atoms with Gasteiger partial charge in [0.05, 0.1) is 12.3 Å². The molecular weight excluding hydrogens is 310 g/mol. The third kappa shape index (κ3) is 6.93. The van der Waals surface area contributed by atoms with Crippen molar-refractivity contribution >= 4 is 0 Å². The number of ether oxygens (including phenoxy) is 1. The van der Waals surface area contributed by atoms with Gasteiger partial charge in [0.2, 0.25) is 0 Å². The van der Waals surface area contributed by atoms with Gasteiger partial charge >= 0.3 is 0 Å². The summed E-state index contributed by atoms with van der Waals surface area (Å²) in [6.45, 7) is 7.04. The van der Waals surface area contributed by atoms with Gasteiger partial charge in [0.15, 0.2) is 0 Å². The molecule has 1 aromatic heterocycles. The molecule has 0 fully saturated rings. The number of hydrogen-bond donors (Lipinski definition) is 0. The first-order valence-corrected chi connectivity index (χ1v) is 9.84. The van der Waals surface area contributed by atoms with Crippen LogP contribution in [0.3, 0.4) is 0 Å². The monoisotopic (exact) mass is 343 g/mol. The molecule has 0 saturated carbocycles. The minimum absolute atomic E-state index is 0.818. The molecule has 1 heterocycles. The molecule has 2 aromatic rings. The highest BCUT2D eigenvalue weighted by Gasteiger charge is 2.09. The van der Waals surface area contributed by atoms with Crippen LogP contribution in [0, 0.1) is 13.8 Å². The fourth-order valence-electron chi connectivity index (χ4n) is 3.09. The molecule has 0 unspecified atom stereocenters. The van der Waals surface area contributed by atoms with E-state index >= 15 is 0 Å². The fraction of sp³-hybridized carbons (Fsp3) is 0.591. The van der Waals surface area contributed by atoms with Crippen molar-refractivity contribution in [1.29, 1.82) is 0 Å². The lowest BCUT2D eigenvalue weighted by Crippen LogP contribution is -1.98. The number of unbranched alkanes of at least 4 members (excludes halogenated alkanes) is 7. The van der Waals surface area contributed by atoms with Crippen LogP contribution < -0.4 is 4.74 Å². The minimum Gasteiger partial charge on any atom is -0.494 e. The normalized spacial score (nSPS) is 11.0. The highest BCUT2D eigenvalue weighted by atomic mass is 16.5. The highest BCUT2D eigenvalue weighted by molar-refractivity contribution is 5.33. The van der Waals surface area contributed by atoms with Gasteiger partial charge in [0, 0.05) is 12.0 Å². The standard InChI is InChI=1S/C22H33NO2/c1-4-5-6-7-8-9-10-11-16-24-21-14-12-20(13-15-21)17-22-18(2)23-25-19(22)3/h12-15H,4-11,16-17H2,1-3H3. The van der Waals surface area contributed by atoms with Crippen LogP contribution in [0.1, 0.15) is 80.9 Å². The van der Waals surface area contributed by atoms with Crippen LogP contribution in [-0.4, -0.2) is 11.8 Å². The summed E-state index contributed by atoms with van der Waals surface area (Å²) in [7, 11) is 0. The van der Waals surface area contributed by atoms with Gasteiger partial charge < -0.3 is 9.26 Å². The van der Waals surface area contributed by atoms with Crippen LogP contribution in [-0.2, 0) is 6.42 Å². The molecule has 0 amide bonds. The molecule has 0 atom stereocenters. The van der Waals surface area contributed by atoms with Gasteiger partial charge in [-0.1, -0.05) is 69.2 Å². The van der Waals surface area contributed by atoms with E-state index < -0.39 is 0 Å². The van der Waals surface area contributed by atoms with Crippen molar-refractivity contribution in [2.24, 2.45) is 0 Å². The van der Waals surface area contributed by atoms with Crippen molar-refractivity contribution in [2.75, 3.05) is 6.61 Å². The van der Waals surface area contributed by atoms with E-state index in [1.807, 2.05) is 13.8 Å². The Kier molecular flexibility index (Phi) is 8.58. The average Bonchev–Trinajstić information content (AvgIpc) is 2.93. The van der Waals surface area contributed by atoms with E-state index in [1.54, 1.807) is 0 Å². The molecule has 0 N–H and O–H groups in total. The van der Waals surface area contributed by atoms with Crippen molar-refractivity contribution in [2.45, 2.75) is 78.6 Å². The van der Waals surface area contributed by atoms with Crippen molar-refractivity contribution < 1.29 is 9.26 Å². The van der Waals surface area contributed by atoms with Gasteiger partial charge in [-0.3, -0.25) is 0 Å². The van der Waals surface area contributed by atoms with Crippen molar-refractivity contribution in [3.05, 3.63) is 46.8 Å². The Morgan fingerprint density at radius 3 is 2.12 bits per heavy atom. The first-order chi connectivity index (χ1) is 12.2. The van der Waals surface area contributed by atoms with E-state index in [2.05, 4.69) is 36.3 Å². The van der Waals surface area contributed by atoms with Gasteiger partial charge in [-0.15, -0.1) is 0 Å². The minimum atomic E-state index is 0.818. The second-order valence-corrected chi connectivity index (χ2v) is 6.95. The van der Waals surface area contributed by atoms with Crippen LogP contribution in [0.4, 0.5) is 0 Å². The predicted octanol–water partition coefficient (Wildman–Crippen LogP) is 6.40. The lowest BCUT2D eigenvalue weighted by molar-refractivity contribution is 0.304. The summed E-state index contributed by atoms with van der Waals surface area (Å²) in [5, 5.41) is 4.02. The van der Waals surface area contributed by atoms with Crippen LogP contribution in [0.2, 0.25) is 0 Å². The van der Waals surface area contributed by atoms with Gasteiger partial charge in [-0.05, 0) is 38.0 Å². The largest absolute Gasteiger partial charge is 0.494 e. The fourth-order valence-corrected chi connectivity index (χ4v) is 3.09. The predicted molar refractivity (Wildman–Crippen MR) is 103 cm³/mol. The van der Waals surface area contributed by atoms with E-state index in [0.717, 1.165) is 36.7 Å². The Hall–Kier alpha value is -1.77. The average molecular weight is 344 g/mol. The Morgan fingerprint density at radius 1 is 0.880 bits per heavy atom. The molecule has 0 aliphatic carbocycles. The second-order valence-electron chi connectivity index (χ2n) is 6.95. The summed E-state index contributed by atoms with van der Waals surface area (Å²) in [6, 6.07) is 8.40. The summed E-state index contributed by atoms with van der Waals surface area (Å²) in [6.07, 6.45) is 11.5. The SMILES string of the molecule is CCCCCCCCCCOc1ccc(Cc2c(C)noc2C)cc1. The number of rotatable bonds is 12. The molecule has 0 aliphatic rings. The molecule has 0 saturated heterocycles.